The zero-order chi connectivity index (χ0) is 14.6. The Bertz CT molecular complexity index is 476. The molecule has 1 unspecified atom stereocenters. The van der Waals surface area contributed by atoms with Gasteiger partial charge in [0.25, 0.3) is 0 Å². The average molecular weight is 282 g/mol. The predicted molar refractivity (Wildman–Crippen MR) is 68.0 cm³/mol. The molecule has 1 aromatic heterocycles. The van der Waals surface area contributed by atoms with E-state index in [-0.39, 0.29) is 12.6 Å². The van der Waals surface area contributed by atoms with E-state index in [1.54, 1.807) is 4.90 Å². The molecule has 0 bridgehead atoms. The van der Waals surface area contributed by atoms with Crippen LogP contribution in [0.3, 0.4) is 0 Å². The highest BCUT2D eigenvalue weighted by molar-refractivity contribution is 5.79. The Labute approximate surface area is 116 Å². The first kappa shape index (κ1) is 14.3. The van der Waals surface area contributed by atoms with Crippen LogP contribution in [-0.4, -0.2) is 51.8 Å². The minimum atomic E-state index is -0.832. The van der Waals surface area contributed by atoms with Gasteiger partial charge < -0.3 is 19.8 Å². The molecule has 8 nitrogen and oxygen atoms in total. The summed E-state index contributed by atoms with van der Waals surface area (Å²) < 4.78 is 4.82. The fourth-order valence-corrected chi connectivity index (χ4v) is 2.35. The Morgan fingerprint density at radius 3 is 2.95 bits per heavy atom. The lowest BCUT2D eigenvalue weighted by atomic mass is 9.84. The fourth-order valence-electron chi connectivity index (χ4n) is 2.35. The number of hydrogen-bond acceptors (Lipinski definition) is 5. The number of urea groups is 1. The lowest BCUT2D eigenvalue weighted by Crippen LogP contribution is -2.42. The normalized spacial score (nSPS) is 21.9. The summed E-state index contributed by atoms with van der Waals surface area (Å²) in [6, 6.07) is -0.249. The van der Waals surface area contributed by atoms with Gasteiger partial charge in [-0.1, -0.05) is 12.1 Å². The van der Waals surface area contributed by atoms with Crippen LogP contribution in [0.5, 0.6) is 0 Å². The number of hydrogen-bond donors (Lipinski definition) is 2. The summed E-state index contributed by atoms with van der Waals surface area (Å²) in [7, 11) is 0. The number of likely N-dealkylation sites (tertiary alicyclic amines) is 1. The standard InChI is InChI=1S/C12H18N4O4/c1-2-12(10(17)18)4-6-16(7-12)11(19)13-5-3-9-14-8-15-20-9/h8H,2-7H2,1H3,(H,13,19)(H,17,18). The minimum absolute atomic E-state index is 0.249. The minimum Gasteiger partial charge on any atom is -0.481 e. The first-order valence-electron chi connectivity index (χ1n) is 6.59. The zero-order valence-corrected chi connectivity index (χ0v) is 11.3. The molecule has 2 heterocycles. The van der Waals surface area contributed by atoms with Crippen LogP contribution < -0.4 is 5.32 Å². The maximum Gasteiger partial charge on any atom is 0.317 e. The predicted octanol–water partition coefficient (Wildman–Crippen LogP) is 0.508. The number of nitrogens with one attached hydrogen (secondary N) is 1. The van der Waals surface area contributed by atoms with Gasteiger partial charge in [0.1, 0.15) is 0 Å². The third-order valence-corrected chi connectivity index (χ3v) is 3.79. The van der Waals surface area contributed by atoms with Gasteiger partial charge in [0, 0.05) is 26.1 Å². The highest BCUT2D eigenvalue weighted by Gasteiger charge is 2.44. The number of carbonyl (C=O) groups excluding carboxylic acids is 1. The maximum atomic E-state index is 12.0. The van der Waals surface area contributed by atoms with E-state index in [1.165, 1.54) is 6.33 Å². The van der Waals surface area contributed by atoms with Crippen LogP contribution in [0.2, 0.25) is 0 Å². The van der Waals surface area contributed by atoms with Crippen LogP contribution in [-0.2, 0) is 11.2 Å². The van der Waals surface area contributed by atoms with E-state index in [0.717, 1.165) is 0 Å². The molecule has 0 aliphatic carbocycles. The molecule has 0 aromatic carbocycles. The maximum absolute atomic E-state index is 12.0. The molecule has 8 heteroatoms. The van der Waals surface area contributed by atoms with Gasteiger partial charge in [0.2, 0.25) is 5.89 Å². The summed E-state index contributed by atoms with van der Waals surface area (Å²) in [5.74, 6) is -0.374. The molecule has 1 aliphatic rings. The molecular weight excluding hydrogens is 264 g/mol. The van der Waals surface area contributed by atoms with Crippen molar-refractivity contribution in [2.24, 2.45) is 5.41 Å². The summed E-state index contributed by atoms with van der Waals surface area (Å²) in [6.07, 6.45) is 2.78. The summed E-state index contributed by atoms with van der Waals surface area (Å²) >= 11 is 0. The van der Waals surface area contributed by atoms with Crippen molar-refractivity contribution in [3.8, 4) is 0 Å². The zero-order valence-electron chi connectivity index (χ0n) is 11.3. The number of amides is 2. The number of carboxylic acids is 1. The molecule has 1 aromatic rings. The van der Waals surface area contributed by atoms with Crippen LogP contribution in [0, 0.1) is 5.41 Å². The van der Waals surface area contributed by atoms with Crippen molar-refractivity contribution in [2.75, 3.05) is 19.6 Å². The largest absolute Gasteiger partial charge is 0.481 e. The van der Waals surface area contributed by atoms with Gasteiger partial charge in [-0.2, -0.15) is 4.98 Å². The van der Waals surface area contributed by atoms with E-state index >= 15 is 0 Å². The molecule has 0 radical (unpaired) electrons. The molecule has 1 atom stereocenters. The highest BCUT2D eigenvalue weighted by atomic mass is 16.5. The van der Waals surface area contributed by atoms with E-state index in [9.17, 15) is 14.7 Å². The van der Waals surface area contributed by atoms with Crippen molar-refractivity contribution < 1.29 is 19.2 Å². The molecule has 2 amide bonds. The molecule has 2 rings (SSSR count). The average Bonchev–Trinajstić information content (AvgIpc) is 3.08. The van der Waals surface area contributed by atoms with Crippen LogP contribution in [0.15, 0.2) is 10.9 Å². The van der Waals surface area contributed by atoms with Crippen molar-refractivity contribution in [3.63, 3.8) is 0 Å². The van der Waals surface area contributed by atoms with Crippen LogP contribution in [0.4, 0.5) is 4.79 Å². The molecule has 0 spiro atoms. The Hall–Kier alpha value is -2.12. The van der Waals surface area contributed by atoms with Gasteiger partial charge >= 0.3 is 12.0 Å². The van der Waals surface area contributed by atoms with Crippen LogP contribution in [0.25, 0.3) is 0 Å². The van der Waals surface area contributed by atoms with Crippen molar-refractivity contribution in [2.45, 2.75) is 26.2 Å². The Morgan fingerprint density at radius 1 is 1.60 bits per heavy atom. The Kier molecular flexibility index (Phi) is 4.21. The van der Waals surface area contributed by atoms with Gasteiger partial charge in [0.15, 0.2) is 6.33 Å². The smallest absolute Gasteiger partial charge is 0.317 e. The summed E-state index contributed by atoms with van der Waals surface area (Å²) in [4.78, 5) is 28.7. The van der Waals surface area contributed by atoms with E-state index < -0.39 is 11.4 Å². The number of aliphatic carboxylic acids is 1. The van der Waals surface area contributed by atoms with Gasteiger partial charge in [-0.15, -0.1) is 0 Å². The molecule has 0 saturated carbocycles. The number of rotatable bonds is 5. The molecule has 1 aliphatic heterocycles. The fraction of sp³-hybridized carbons (Fsp3) is 0.667. The summed E-state index contributed by atoms with van der Waals surface area (Å²) in [5.41, 5.74) is -0.802. The molecule has 20 heavy (non-hydrogen) atoms. The Morgan fingerprint density at radius 2 is 2.40 bits per heavy atom. The molecule has 2 N–H and O–H groups in total. The second-order valence-electron chi connectivity index (χ2n) is 4.93. The van der Waals surface area contributed by atoms with Crippen molar-refractivity contribution in [3.05, 3.63) is 12.2 Å². The van der Waals surface area contributed by atoms with Crippen molar-refractivity contribution in [1.29, 1.82) is 0 Å². The van der Waals surface area contributed by atoms with Crippen LogP contribution >= 0.6 is 0 Å². The third-order valence-electron chi connectivity index (χ3n) is 3.79. The summed E-state index contributed by atoms with van der Waals surface area (Å²) in [6.45, 7) is 2.94. The molecular formula is C12H18N4O4. The lowest BCUT2D eigenvalue weighted by Gasteiger charge is -2.23. The van der Waals surface area contributed by atoms with Gasteiger partial charge in [0.05, 0.1) is 5.41 Å². The van der Waals surface area contributed by atoms with Crippen molar-refractivity contribution >= 4 is 12.0 Å². The van der Waals surface area contributed by atoms with E-state index in [2.05, 4.69) is 15.5 Å². The first-order valence-corrected chi connectivity index (χ1v) is 6.59. The van der Waals surface area contributed by atoms with Gasteiger partial charge in [-0.25, -0.2) is 4.79 Å². The first-order chi connectivity index (χ1) is 9.57. The molecule has 1 fully saturated rings. The monoisotopic (exact) mass is 282 g/mol. The Balaban J connectivity index is 1.80. The summed E-state index contributed by atoms with van der Waals surface area (Å²) in [5, 5.41) is 15.5. The molecule has 1 saturated heterocycles. The van der Waals surface area contributed by atoms with E-state index in [0.29, 0.717) is 38.2 Å². The van der Waals surface area contributed by atoms with Crippen LogP contribution in [0.1, 0.15) is 25.7 Å². The topological polar surface area (TPSA) is 109 Å². The quantitative estimate of drug-likeness (QED) is 0.814. The van der Waals surface area contributed by atoms with Crippen molar-refractivity contribution in [1.82, 2.24) is 20.4 Å². The van der Waals surface area contributed by atoms with E-state index in [4.69, 9.17) is 4.52 Å². The number of carbonyl (C=O) groups is 2. The SMILES string of the molecule is CCC1(C(=O)O)CCN(C(=O)NCCc2ncno2)C1. The second kappa shape index (κ2) is 5.89. The number of aromatic nitrogens is 2. The lowest BCUT2D eigenvalue weighted by molar-refractivity contribution is -0.148. The van der Waals surface area contributed by atoms with Gasteiger partial charge in [-0.05, 0) is 12.8 Å². The number of nitrogens with zero attached hydrogens (tertiary/aromatic N) is 3. The molecule has 110 valence electrons. The second-order valence-corrected chi connectivity index (χ2v) is 4.93. The van der Waals surface area contributed by atoms with Gasteiger partial charge in [-0.3, -0.25) is 4.79 Å². The number of carboxylic acid groups (broad SMARTS) is 1. The van der Waals surface area contributed by atoms with E-state index in [1.807, 2.05) is 6.92 Å². The highest BCUT2D eigenvalue weighted by Crippen LogP contribution is 2.34. The third kappa shape index (κ3) is 2.89.